The number of nitrogens with one attached hydrogen (secondary N) is 2. The summed E-state index contributed by atoms with van der Waals surface area (Å²) in [5.74, 6) is 1.83. The maximum absolute atomic E-state index is 12.6. The summed E-state index contributed by atoms with van der Waals surface area (Å²) in [5, 5.41) is 6.79. The van der Waals surface area contributed by atoms with Crippen LogP contribution in [0.25, 0.3) is 11.5 Å². The van der Waals surface area contributed by atoms with Gasteiger partial charge in [0.1, 0.15) is 6.26 Å². The van der Waals surface area contributed by atoms with Gasteiger partial charge in [-0.25, -0.2) is 4.98 Å². The predicted octanol–water partition coefficient (Wildman–Crippen LogP) is 3.74. The van der Waals surface area contributed by atoms with Crippen molar-refractivity contribution in [3.8, 4) is 11.5 Å². The summed E-state index contributed by atoms with van der Waals surface area (Å²) in [6.45, 7) is 8.37. The molecule has 1 aliphatic heterocycles. The number of nitrogens with zero attached hydrogens (tertiary/aromatic N) is 3. The molecule has 0 saturated carbocycles. The number of amides is 1. The van der Waals surface area contributed by atoms with E-state index >= 15 is 0 Å². The van der Waals surface area contributed by atoms with Crippen LogP contribution >= 0.6 is 0 Å². The number of likely N-dealkylation sites (tertiary alicyclic amines) is 1. The topological polar surface area (TPSA) is 82.8 Å². The SMILES string of the molecule is CCC(CC)C(=O)N1CCC(NC(=NC)NCc2coc(-c3ccc(C)cc3)n2)CC1. The Morgan fingerprint density at radius 3 is 2.52 bits per heavy atom. The molecule has 3 rings (SSSR count). The third kappa shape index (κ3) is 6.09. The lowest BCUT2D eigenvalue weighted by Crippen LogP contribution is -2.50. The fraction of sp³-hybridized carbons (Fsp3) is 0.542. The highest BCUT2D eigenvalue weighted by molar-refractivity contribution is 5.80. The quantitative estimate of drug-likeness (QED) is 0.522. The van der Waals surface area contributed by atoms with E-state index in [2.05, 4.69) is 41.4 Å². The van der Waals surface area contributed by atoms with E-state index < -0.39 is 0 Å². The van der Waals surface area contributed by atoms with Gasteiger partial charge in [-0.2, -0.15) is 0 Å². The van der Waals surface area contributed by atoms with E-state index in [1.54, 1.807) is 13.3 Å². The van der Waals surface area contributed by atoms with Gasteiger partial charge in [0, 0.05) is 37.7 Å². The zero-order valence-corrected chi connectivity index (χ0v) is 19.1. The minimum absolute atomic E-state index is 0.159. The Labute approximate surface area is 185 Å². The standard InChI is InChI=1S/C24H35N5O2/c1-5-18(6-2)23(30)29-13-11-20(12-14-29)28-24(25-4)26-15-21-16-31-22(27-21)19-9-7-17(3)8-10-19/h7-10,16,18,20H,5-6,11-15H2,1-4H3,(H2,25,26,28). The fourth-order valence-electron chi connectivity index (χ4n) is 3.92. The van der Waals surface area contributed by atoms with Crippen LogP contribution in [0.3, 0.4) is 0 Å². The van der Waals surface area contributed by atoms with Crippen LogP contribution in [0.2, 0.25) is 0 Å². The Morgan fingerprint density at radius 1 is 1.23 bits per heavy atom. The molecule has 0 aliphatic carbocycles. The van der Waals surface area contributed by atoms with Gasteiger partial charge in [0.15, 0.2) is 5.96 Å². The molecule has 0 radical (unpaired) electrons. The number of aryl methyl sites for hydroxylation is 1. The molecule has 2 N–H and O–H groups in total. The van der Waals surface area contributed by atoms with Crippen molar-refractivity contribution in [1.29, 1.82) is 0 Å². The van der Waals surface area contributed by atoms with E-state index in [4.69, 9.17) is 4.42 Å². The first-order chi connectivity index (χ1) is 15.0. The lowest BCUT2D eigenvalue weighted by Gasteiger charge is -2.34. The molecule has 2 heterocycles. The maximum atomic E-state index is 12.6. The zero-order valence-electron chi connectivity index (χ0n) is 19.1. The van der Waals surface area contributed by atoms with E-state index in [1.165, 1.54) is 5.56 Å². The predicted molar refractivity (Wildman–Crippen MR) is 124 cm³/mol. The van der Waals surface area contributed by atoms with Gasteiger partial charge < -0.3 is 20.0 Å². The number of benzene rings is 1. The molecule has 0 spiro atoms. The van der Waals surface area contributed by atoms with Crippen molar-refractivity contribution in [1.82, 2.24) is 20.5 Å². The lowest BCUT2D eigenvalue weighted by molar-refractivity contribution is -0.136. The van der Waals surface area contributed by atoms with Gasteiger partial charge in [-0.15, -0.1) is 0 Å². The van der Waals surface area contributed by atoms with Crippen molar-refractivity contribution in [3.63, 3.8) is 0 Å². The van der Waals surface area contributed by atoms with Gasteiger partial charge >= 0.3 is 0 Å². The number of carbonyl (C=O) groups is 1. The van der Waals surface area contributed by atoms with E-state index in [-0.39, 0.29) is 5.92 Å². The molecule has 168 valence electrons. The summed E-state index contributed by atoms with van der Waals surface area (Å²) < 4.78 is 5.63. The van der Waals surface area contributed by atoms with Crippen LogP contribution in [-0.4, -0.2) is 47.9 Å². The molecule has 1 amide bonds. The van der Waals surface area contributed by atoms with Crippen LogP contribution in [-0.2, 0) is 11.3 Å². The summed E-state index contributed by atoms with van der Waals surface area (Å²) in [6.07, 6.45) is 5.36. The molecule has 1 saturated heterocycles. The second kappa shape index (κ2) is 11.0. The summed E-state index contributed by atoms with van der Waals surface area (Å²) in [4.78, 5) is 23.5. The monoisotopic (exact) mass is 425 g/mol. The number of hydrogen-bond donors (Lipinski definition) is 2. The average Bonchev–Trinajstić information content (AvgIpc) is 3.27. The number of guanidine groups is 1. The molecule has 31 heavy (non-hydrogen) atoms. The molecule has 0 unspecified atom stereocenters. The molecule has 1 fully saturated rings. The number of hydrogen-bond acceptors (Lipinski definition) is 4. The van der Waals surface area contributed by atoms with Crippen LogP contribution in [0.5, 0.6) is 0 Å². The average molecular weight is 426 g/mol. The van der Waals surface area contributed by atoms with Crippen LogP contribution in [0.4, 0.5) is 0 Å². The molecule has 1 aromatic carbocycles. The number of oxazole rings is 1. The highest BCUT2D eigenvalue weighted by atomic mass is 16.3. The normalized spacial score (nSPS) is 15.4. The van der Waals surface area contributed by atoms with Crippen molar-refractivity contribution in [2.45, 2.75) is 59.0 Å². The Bertz CT molecular complexity index is 862. The summed E-state index contributed by atoms with van der Waals surface area (Å²) in [5.41, 5.74) is 3.00. The number of aliphatic imine (C=N–C) groups is 1. The molecule has 7 nitrogen and oxygen atoms in total. The van der Waals surface area contributed by atoms with E-state index in [0.29, 0.717) is 24.4 Å². The van der Waals surface area contributed by atoms with Crippen LogP contribution in [0.1, 0.15) is 50.8 Å². The number of rotatable bonds is 7. The second-order valence-electron chi connectivity index (χ2n) is 8.19. The minimum Gasteiger partial charge on any atom is -0.444 e. The molecule has 7 heteroatoms. The summed E-state index contributed by atoms with van der Waals surface area (Å²) >= 11 is 0. The molecular weight excluding hydrogens is 390 g/mol. The Morgan fingerprint density at radius 2 is 1.90 bits per heavy atom. The Hall–Kier alpha value is -2.83. The molecule has 1 aliphatic rings. The number of aromatic nitrogens is 1. The van der Waals surface area contributed by atoms with E-state index in [0.717, 1.165) is 56.0 Å². The molecular formula is C24H35N5O2. The molecule has 2 aromatic rings. The summed E-state index contributed by atoms with van der Waals surface area (Å²) in [7, 11) is 1.77. The van der Waals surface area contributed by atoms with Crippen molar-refractivity contribution >= 4 is 11.9 Å². The molecule has 1 aromatic heterocycles. The van der Waals surface area contributed by atoms with Gasteiger partial charge in [-0.05, 0) is 44.7 Å². The molecule has 0 bridgehead atoms. The molecule has 0 atom stereocenters. The second-order valence-corrected chi connectivity index (χ2v) is 8.19. The maximum Gasteiger partial charge on any atom is 0.226 e. The van der Waals surface area contributed by atoms with Crippen molar-refractivity contribution in [2.75, 3.05) is 20.1 Å². The first-order valence-electron chi connectivity index (χ1n) is 11.3. The first-order valence-corrected chi connectivity index (χ1v) is 11.3. The largest absolute Gasteiger partial charge is 0.444 e. The van der Waals surface area contributed by atoms with Gasteiger partial charge in [0.25, 0.3) is 0 Å². The van der Waals surface area contributed by atoms with Crippen molar-refractivity contribution in [3.05, 3.63) is 41.8 Å². The van der Waals surface area contributed by atoms with E-state index in [9.17, 15) is 4.79 Å². The lowest BCUT2D eigenvalue weighted by atomic mass is 9.98. The first kappa shape index (κ1) is 22.8. The fourth-order valence-corrected chi connectivity index (χ4v) is 3.92. The van der Waals surface area contributed by atoms with Gasteiger partial charge in [-0.3, -0.25) is 9.79 Å². The van der Waals surface area contributed by atoms with E-state index in [1.807, 2.05) is 29.2 Å². The smallest absolute Gasteiger partial charge is 0.226 e. The van der Waals surface area contributed by atoms with Gasteiger partial charge in [-0.1, -0.05) is 31.5 Å². The Kier molecular flexibility index (Phi) is 8.09. The highest BCUT2D eigenvalue weighted by Crippen LogP contribution is 2.19. The van der Waals surface area contributed by atoms with Crippen LogP contribution < -0.4 is 10.6 Å². The van der Waals surface area contributed by atoms with Crippen LogP contribution in [0, 0.1) is 12.8 Å². The minimum atomic E-state index is 0.159. The third-order valence-electron chi connectivity index (χ3n) is 5.99. The van der Waals surface area contributed by atoms with Gasteiger partial charge in [0.05, 0.1) is 12.2 Å². The third-order valence-corrected chi connectivity index (χ3v) is 5.99. The van der Waals surface area contributed by atoms with Crippen molar-refractivity contribution < 1.29 is 9.21 Å². The zero-order chi connectivity index (χ0) is 22.2. The highest BCUT2D eigenvalue weighted by Gasteiger charge is 2.26. The number of piperidine rings is 1. The van der Waals surface area contributed by atoms with Crippen LogP contribution in [0.15, 0.2) is 39.9 Å². The summed E-state index contributed by atoms with van der Waals surface area (Å²) in [6, 6.07) is 8.43. The number of carbonyl (C=O) groups excluding carboxylic acids is 1. The Balaban J connectivity index is 1.46. The van der Waals surface area contributed by atoms with Crippen molar-refractivity contribution in [2.24, 2.45) is 10.9 Å². The van der Waals surface area contributed by atoms with Gasteiger partial charge in [0.2, 0.25) is 11.8 Å².